The molecule has 0 spiro atoms. The van der Waals surface area contributed by atoms with Crippen molar-refractivity contribution in [2.45, 2.75) is 31.1 Å². The van der Waals surface area contributed by atoms with Gasteiger partial charge in [-0.1, -0.05) is 28.1 Å². The number of thiocarbonyl (C=S) groups is 1. The van der Waals surface area contributed by atoms with Crippen molar-refractivity contribution in [2.75, 3.05) is 6.54 Å². The van der Waals surface area contributed by atoms with Crippen LogP contribution in [0.4, 0.5) is 0 Å². The Kier molecular flexibility index (Phi) is 7.07. The maximum absolute atomic E-state index is 12.2. The highest BCUT2D eigenvalue weighted by molar-refractivity contribution is 9.11. The molecule has 0 fully saturated rings. The molecule has 0 radical (unpaired) electrons. The molecule has 1 aromatic carbocycles. The van der Waals surface area contributed by atoms with Crippen molar-refractivity contribution in [2.24, 2.45) is 5.73 Å². The standard InChI is InChI=1S/C12H16Br2N2O2S2/c1-8-6-10(14)11(7-9(8)13)20(17,18)16-5-3-2-4-12(15)19/h6-7,16H,2-5H2,1H3,(H2,15,19). The number of aryl methyl sites for hydroxylation is 1. The highest BCUT2D eigenvalue weighted by atomic mass is 79.9. The van der Waals surface area contributed by atoms with Gasteiger partial charge in [-0.15, -0.1) is 0 Å². The normalized spacial score (nSPS) is 11.6. The van der Waals surface area contributed by atoms with E-state index in [4.69, 9.17) is 18.0 Å². The summed E-state index contributed by atoms with van der Waals surface area (Å²) in [5.74, 6) is 0. The van der Waals surface area contributed by atoms with Crippen LogP contribution in [0.3, 0.4) is 0 Å². The van der Waals surface area contributed by atoms with Gasteiger partial charge in [0, 0.05) is 15.5 Å². The van der Waals surface area contributed by atoms with Crippen molar-refractivity contribution in [1.29, 1.82) is 0 Å². The van der Waals surface area contributed by atoms with Gasteiger partial charge in [0.25, 0.3) is 0 Å². The van der Waals surface area contributed by atoms with Crippen LogP contribution in [-0.2, 0) is 10.0 Å². The van der Waals surface area contributed by atoms with E-state index in [2.05, 4.69) is 36.6 Å². The van der Waals surface area contributed by atoms with Gasteiger partial charge in [0.1, 0.15) is 0 Å². The number of nitrogens with one attached hydrogen (secondary N) is 1. The van der Waals surface area contributed by atoms with Gasteiger partial charge >= 0.3 is 0 Å². The largest absolute Gasteiger partial charge is 0.393 e. The zero-order valence-electron chi connectivity index (χ0n) is 10.9. The van der Waals surface area contributed by atoms with E-state index in [0.29, 0.717) is 28.8 Å². The molecular weight excluding hydrogens is 428 g/mol. The van der Waals surface area contributed by atoms with E-state index in [9.17, 15) is 8.42 Å². The molecule has 1 rings (SSSR count). The van der Waals surface area contributed by atoms with Crippen LogP contribution in [0.2, 0.25) is 0 Å². The quantitative estimate of drug-likeness (QED) is 0.501. The first-order chi connectivity index (χ1) is 9.24. The molecular formula is C12H16Br2N2O2S2. The van der Waals surface area contributed by atoms with E-state index in [0.717, 1.165) is 16.5 Å². The number of halogens is 2. The molecule has 0 saturated heterocycles. The fourth-order valence-corrected chi connectivity index (χ4v) is 4.44. The van der Waals surface area contributed by atoms with Gasteiger partial charge < -0.3 is 5.73 Å². The van der Waals surface area contributed by atoms with E-state index >= 15 is 0 Å². The smallest absolute Gasteiger partial charge is 0.241 e. The number of unbranched alkanes of at least 4 members (excludes halogenated alkanes) is 1. The second-order valence-electron chi connectivity index (χ2n) is 4.35. The molecule has 0 bridgehead atoms. The van der Waals surface area contributed by atoms with Crippen LogP contribution in [-0.4, -0.2) is 20.0 Å². The van der Waals surface area contributed by atoms with Gasteiger partial charge in [0.2, 0.25) is 10.0 Å². The lowest BCUT2D eigenvalue weighted by Gasteiger charge is -2.10. The van der Waals surface area contributed by atoms with Gasteiger partial charge in [0.05, 0.1) is 9.88 Å². The van der Waals surface area contributed by atoms with Crippen molar-refractivity contribution in [3.05, 3.63) is 26.6 Å². The topological polar surface area (TPSA) is 72.2 Å². The maximum Gasteiger partial charge on any atom is 0.241 e. The Morgan fingerprint density at radius 3 is 2.55 bits per heavy atom. The summed E-state index contributed by atoms with van der Waals surface area (Å²) in [6.07, 6.45) is 2.11. The second kappa shape index (κ2) is 7.84. The molecule has 0 amide bonds. The molecule has 0 aliphatic rings. The molecule has 0 aliphatic carbocycles. The van der Waals surface area contributed by atoms with Gasteiger partial charge in [-0.05, 0) is 59.8 Å². The van der Waals surface area contributed by atoms with Crippen LogP contribution in [0.1, 0.15) is 24.8 Å². The fourth-order valence-electron chi connectivity index (χ4n) is 1.54. The van der Waals surface area contributed by atoms with Crippen LogP contribution in [0, 0.1) is 6.92 Å². The summed E-state index contributed by atoms with van der Waals surface area (Å²) in [4.78, 5) is 0.683. The Hall–Kier alpha value is -0.0200. The number of benzene rings is 1. The van der Waals surface area contributed by atoms with Crippen molar-refractivity contribution in [3.8, 4) is 0 Å². The lowest BCUT2D eigenvalue weighted by molar-refractivity contribution is 0.577. The average molecular weight is 444 g/mol. The van der Waals surface area contributed by atoms with Gasteiger partial charge in [-0.2, -0.15) is 0 Å². The van der Waals surface area contributed by atoms with Gasteiger partial charge in [-0.25, -0.2) is 13.1 Å². The maximum atomic E-state index is 12.2. The van der Waals surface area contributed by atoms with Crippen molar-refractivity contribution in [3.63, 3.8) is 0 Å². The molecule has 0 unspecified atom stereocenters. The van der Waals surface area contributed by atoms with Crippen molar-refractivity contribution < 1.29 is 8.42 Å². The van der Waals surface area contributed by atoms with E-state index in [-0.39, 0.29) is 4.90 Å². The van der Waals surface area contributed by atoms with Crippen LogP contribution in [0.5, 0.6) is 0 Å². The lowest BCUT2D eigenvalue weighted by atomic mass is 10.2. The Morgan fingerprint density at radius 2 is 1.95 bits per heavy atom. The summed E-state index contributed by atoms with van der Waals surface area (Å²) in [6.45, 7) is 2.26. The fraction of sp³-hybridized carbons (Fsp3) is 0.417. The SMILES string of the molecule is Cc1cc(Br)c(S(=O)(=O)NCCCCC(N)=S)cc1Br. The third-order valence-electron chi connectivity index (χ3n) is 2.64. The Labute approximate surface area is 141 Å². The van der Waals surface area contributed by atoms with Gasteiger partial charge in [0.15, 0.2) is 0 Å². The van der Waals surface area contributed by atoms with Crippen LogP contribution < -0.4 is 10.5 Å². The average Bonchev–Trinajstić information content (AvgIpc) is 2.32. The van der Waals surface area contributed by atoms with E-state index in [1.165, 1.54) is 0 Å². The summed E-state index contributed by atoms with van der Waals surface area (Å²) in [5, 5.41) is 0. The first kappa shape index (κ1) is 18.0. The molecule has 8 heteroatoms. The summed E-state index contributed by atoms with van der Waals surface area (Å²) >= 11 is 11.4. The minimum Gasteiger partial charge on any atom is -0.393 e. The number of sulfonamides is 1. The highest BCUT2D eigenvalue weighted by Crippen LogP contribution is 2.28. The first-order valence-electron chi connectivity index (χ1n) is 5.97. The van der Waals surface area contributed by atoms with E-state index < -0.39 is 10.0 Å². The summed E-state index contributed by atoms with van der Waals surface area (Å²) in [6, 6.07) is 3.36. The number of nitrogens with two attached hydrogens (primary N) is 1. The molecule has 0 saturated carbocycles. The lowest BCUT2D eigenvalue weighted by Crippen LogP contribution is -2.25. The Balaban J connectivity index is 2.70. The second-order valence-corrected chi connectivity index (χ2v) is 8.32. The van der Waals surface area contributed by atoms with Crippen LogP contribution >= 0.6 is 44.1 Å². The van der Waals surface area contributed by atoms with Crippen molar-refractivity contribution >= 4 is 59.1 Å². The summed E-state index contributed by atoms with van der Waals surface area (Å²) < 4.78 is 28.3. The highest BCUT2D eigenvalue weighted by Gasteiger charge is 2.18. The minimum absolute atomic E-state index is 0.226. The van der Waals surface area contributed by atoms with Crippen LogP contribution in [0.25, 0.3) is 0 Å². The molecule has 4 nitrogen and oxygen atoms in total. The predicted molar refractivity (Wildman–Crippen MR) is 92.4 cm³/mol. The number of hydrogen-bond donors (Lipinski definition) is 2. The first-order valence-corrected chi connectivity index (χ1v) is 9.45. The third kappa shape index (κ3) is 5.40. The summed E-state index contributed by atoms with van der Waals surface area (Å²) in [5.41, 5.74) is 6.35. The van der Waals surface area contributed by atoms with Crippen molar-refractivity contribution in [1.82, 2.24) is 4.72 Å². The van der Waals surface area contributed by atoms with Gasteiger partial charge in [-0.3, -0.25) is 0 Å². The summed E-state index contributed by atoms with van der Waals surface area (Å²) in [7, 11) is -3.52. The Bertz CT molecular complexity index is 604. The predicted octanol–water partition coefficient (Wildman–Crippen LogP) is 3.25. The monoisotopic (exact) mass is 442 g/mol. The Morgan fingerprint density at radius 1 is 1.30 bits per heavy atom. The molecule has 0 heterocycles. The molecule has 20 heavy (non-hydrogen) atoms. The molecule has 0 atom stereocenters. The number of rotatable bonds is 7. The zero-order chi connectivity index (χ0) is 15.3. The van der Waals surface area contributed by atoms with E-state index in [1.807, 2.05) is 6.92 Å². The molecule has 1 aromatic rings. The minimum atomic E-state index is -3.52. The zero-order valence-corrected chi connectivity index (χ0v) is 15.8. The third-order valence-corrected chi connectivity index (χ3v) is 6.12. The van der Waals surface area contributed by atoms with Crippen LogP contribution in [0.15, 0.2) is 26.0 Å². The molecule has 112 valence electrons. The molecule has 3 N–H and O–H groups in total. The number of hydrogen-bond acceptors (Lipinski definition) is 3. The van der Waals surface area contributed by atoms with E-state index in [1.54, 1.807) is 12.1 Å². The molecule has 0 aromatic heterocycles. The molecule has 0 aliphatic heterocycles.